The standard InChI is InChI=1S/C16H34N2O/c1-3-19-14-8-7-11-17-12-13-18(2)15-16-9-5-4-6-10-16/h16-17H,3-15H2,1-2H3. The normalized spacial score (nSPS) is 17.2. The van der Waals surface area contributed by atoms with E-state index in [1.54, 1.807) is 0 Å². The smallest absolute Gasteiger partial charge is 0.0466 e. The lowest BCUT2D eigenvalue weighted by atomic mass is 9.89. The van der Waals surface area contributed by atoms with Gasteiger partial charge in [-0.2, -0.15) is 0 Å². The number of unbranched alkanes of at least 4 members (excludes halogenated alkanes) is 1. The van der Waals surface area contributed by atoms with E-state index < -0.39 is 0 Å². The fourth-order valence-corrected chi connectivity index (χ4v) is 2.90. The zero-order chi connectivity index (χ0) is 13.8. The van der Waals surface area contributed by atoms with E-state index in [9.17, 15) is 0 Å². The monoisotopic (exact) mass is 270 g/mol. The van der Waals surface area contributed by atoms with Gasteiger partial charge in [-0.25, -0.2) is 0 Å². The molecular weight excluding hydrogens is 236 g/mol. The van der Waals surface area contributed by atoms with Gasteiger partial charge in [-0.1, -0.05) is 19.3 Å². The Morgan fingerprint density at radius 2 is 1.89 bits per heavy atom. The van der Waals surface area contributed by atoms with E-state index in [1.807, 2.05) is 0 Å². The molecule has 0 heterocycles. The number of hydrogen-bond donors (Lipinski definition) is 1. The number of nitrogens with one attached hydrogen (secondary N) is 1. The highest BCUT2D eigenvalue weighted by Crippen LogP contribution is 2.23. The Bertz CT molecular complexity index is 193. The average Bonchev–Trinajstić information content (AvgIpc) is 2.43. The van der Waals surface area contributed by atoms with Crippen LogP contribution in [-0.2, 0) is 4.74 Å². The van der Waals surface area contributed by atoms with Crippen LogP contribution >= 0.6 is 0 Å². The Labute approximate surface area is 120 Å². The van der Waals surface area contributed by atoms with E-state index in [1.165, 1.54) is 58.0 Å². The first-order chi connectivity index (χ1) is 9.33. The molecule has 0 bridgehead atoms. The molecule has 114 valence electrons. The summed E-state index contributed by atoms with van der Waals surface area (Å²) in [7, 11) is 2.27. The van der Waals surface area contributed by atoms with Gasteiger partial charge < -0.3 is 15.0 Å². The molecule has 1 aliphatic carbocycles. The highest BCUT2D eigenvalue weighted by molar-refractivity contribution is 4.69. The molecule has 0 amide bonds. The summed E-state index contributed by atoms with van der Waals surface area (Å²) in [6.45, 7) is 8.55. The first-order valence-corrected chi connectivity index (χ1v) is 8.30. The van der Waals surface area contributed by atoms with Crippen molar-refractivity contribution in [2.75, 3.05) is 46.4 Å². The molecule has 1 rings (SSSR count). The van der Waals surface area contributed by atoms with Crippen molar-refractivity contribution in [1.82, 2.24) is 10.2 Å². The lowest BCUT2D eigenvalue weighted by Gasteiger charge is -2.27. The van der Waals surface area contributed by atoms with Crippen LogP contribution in [0.25, 0.3) is 0 Å². The number of hydrogen-bond acceptors (Lipinski definition) is 3. The Morgan fingerprint density at radius 3 is 2.63 bits per heavy atom. The zero-order valence-corrected chi connectivity index (χ0v) is 13.1. The van der Waals surface area contributed by atoms with Crippen LogP contribution in [0.4, 0.5) is 0 Å². The van der Waals surface area contributed by atoms with Gasteiger partial charge in [0.2, 0.25) is 0 Å². The molecule has 0 atom stereocenters. The summed E-state index contributed by atoms with van der Waals surface area (Å²) < 4.78 is 5.33. The molecule has 0 aromatic carbocycles. The molecule has 3 heteroatoms. The van der Waals surface area contributed by atoms with Crippen LogP contribution in [0.5, 0.6) is 0 Å². The molecule has 1 N–H and O–H groups in total. The first kappa shape index (κ1) is 16.9. The van der Waals surface area contributed by atoms with Crippen molar-refractivity contribution in [2.24, 2.45) is 5.92 Å². The van der Waals surface area contributed by atoms with Crippen molar-refractivity contribution < 1.29 is 4.74 Å². The third kappa shape index (κ3) is 9.42. The van der Waals surface area contributed by atoms with E-state index in [4.69, 9.17) is 4.74 Å². The Balaban J connectivity index is 1.85. The SMILES string of the molecule is CCOCCCCNCCN(C)CC1CCCCC1. The molecule has 0 spiro atoms. The van der Waals surface area contributed by atoms with Gasteiger partial charge in [0.25, 0.3) is 0 Å². The highest BCUT2D eigenvalue weighted by Gasteiger charge is 2.14. The van der Waals surface area contributed by atoms with E-state index in [0.717, 1.165) is 32.2 Å². The topological polar surface area (TPSA) is 24.5 Å². The van der Waals surface area contributed by atoms with Crippen LogP contribution < -0.4 is 5.32 Å². The van der Waals surface area contributed by atoms with Crippen molar-refractivity contribution in [3.8, 4) is 0 Å². The molecule has 1 aliphatic rings. The second-order valence-electron chi connectivity index (χ2n) is 5.92. The van der Waals surface area contributed by atoms with Crippen LogP contribution in [0, 0.1) is 5.92 Å². The lowest BCUT2D eigenvalue weighted by molar-refractivity contribution is 0.143. The molecule has 1 fully saturated rings. The summed E-state index contributed by atoms with van der Waals surface area (Å²) in [5.74, 6) is 0.963. The van der Waals surface area contributed by atoms with Crippen LogP contribution in [0.1, 0.15) is 51.9 Å². The van der Waals surface area contributed by atoms with E-state index in [-0.39, 0.29) is 0 Å². The van der Waals surface area contributed by atoms with Crippen LogP contribution in [0.3, 0.4) is 0 Å². The molecular formula is C16H34N2O. The van der Waals surface area contributed by atoms with Gasteiger partial charge in [-0.15, -0.1) is 0 Å². The molecule has 0 unspecified atom stereocenters. The van der Waals surface area contributed by atoms with Crippen LogP contribution in [-0.4, -0.2) is 51.3 Å². The Kier molecular flexibility index (Phi) is 10.4. The van der Waals surface area contributed by atoms with E-state index in [2.05, 4.69) is 24.2 Å². The summed E-state index contributed by atoms with van der Waals surface area (Å²) in [6, 6.07) is 0. The maximum atomic E-state index is 5.33. The second-order valence-corrected chi connectivity index (χ2v) is 5.92. The summed E-state index contributed by atoms with van der Waals surface area (Å²) in [4.78, 5) is 2.50. The van der Waals surface area contributed by atoms with Gasteiger partial charge >= 0.3 is 0 Å². The molecule has 0 aliphatic heterocycles. The molecule has 0 aromatic rings. The minimum atomic E-state index is 0.847. The minimum absolute atomic E-state index is 0.847. The summed E-state index contributed by atoms with van der Waals surface area (Å²) in [5, 5.41) is 3.53. The largest absolute Gasteiger partial charge is 0.382 e. The van der Waals surface area contributed by atoms with Crippen molar-refractivity contribution in [2.45, 2.75) is 51.9 Å². The fraction of sp³-hybridized carbons (Fsp3) is 1.00. The van der Waals surface area contributed by atoms with Gasteiger partial charge in [0, 0.05) is 32.8 Å². The van der Waals surface area contributed by atoms with E-state index in [0.29, 0.717) is 0 Å². The van der Waals surface area contributed by atoms with Gasteiger partial charge in [-0.3, -0.25) is 0 Å². The zero-order valence-electron chi connectivity index (χ0n) is 13.1. The highest BCUT2D eigenvalue weighted by atomic mass is 16.5. The number of ether oxygens (including phenoxy) is 1. The first-order valence-electron chi connectivity index (χ1n) is 8.30. The molecule has 0 radical (unpaired) electrons. The van der Waals surface area contributed by atoms with Gasteiger partial charge in [0.1, 0.15) is 0 Å². The molecule has 3 nitrogen and oxygen atoms in total. The molecule has 19 heavy (non-hydrogen) atoms. The lowest BCUT2D eigenvalue weighted by Crippen LogP contribution is -2.33. The fourth-order valence-electron chi connectivity index (χ4n) is 2.90. The molecule has 0 saturated heterocycles. The van der Waals surface area contributed by atoms with Gasteiger partial charge in [-0.05, 0) is 52.1 Å². The van der Waals surface area contributed by atoms with Gasteiger partial charge in [0.15, 0.2) is 0 Å². The maximum absolute atomic E-state index is 5.33. The van der Waals surface area contributed by atoms with Crippen LogP contribution in [0.15, 0.2) is 0 Å². The Morgan fingerprint density at radius 1 is 1.11 bits per heavy atom. The maximum Gasteiger partial charge on any atom is 0.0466 e. The third-order valence-electron chi connectivity index (χ3n) is 4.06. The quantitative estimate of drug-likeness (QED) is 0.584. The van der Waals surface area contributed by atoms with Crippen LogP contribution in [0.2, 0.25) is 0 Å². The number of likely N-dealkylation sites (N-methyl/N-ethyl adjacent to an activating group) is 1. The third-order valence-corrected chi connectivity index (χ3v) is 4.06. The Hall–Kier alpha value is -0.120. The van der Waals surface area contributed by atoms with Crippen molar-refractivity contribution >= 4 is 0 Å². The summed E-state index contributed by atoms with van der Waals surface area (Å²) in [6.07, 6.45) is 9.69. The number of rotatable bonds is 11. The average molecular weight is 270 g/mol. The van der Waals surface area contributed by atoms with E-state index >= 15 is 0 Å². The minimum Gasteiger partial charge on any atom is -0.382 e. The number of nitrogens with zero attached hydrogens (tertiary/aromatic N) is 1. The summed E-state index contributed by atoms with van der Waals surface area (Å²) in [5.41, 5.74) is 0. The second kappa shape index (κ2) is 11.7. The predicted molar refractivity (Wildman–Crippen MR) is 82.7 cm³/mol. The van der Waals surface area contributed by atoms with Crippen molar-refractivity contribution in [3.05, 3.63) is 0 Å². The van der Waals surface area contributed by atoms with Crippen molar-refractivity contribution in [3.63, 3.8) is 0 Å². The molecule has 1 saturated carbocycles. The van der Waals surface area contributed by atoms with Gasteiger partial charge in [0.05, 0.1) is 0 Å². The predicted octanol–water partition coefficient (Wildman–Crippen LogP) is 2.90. The van der Waals surface area contributed by atoms with Crippen molar-refractivity contribution in [1.29, 1.82) is 0 Å². The molecule has 0 aromatic heterocycles. The summed E-state index contributed by atoms with van der Waals surface area (Å²) >= 11 is 0.